The van der Waals surface area contributed by atoms with E-state index in [0.29, 0.717) is 5.69 Å². The zero-order chi connectivity index (χ0) is 16.2. The van der Waals surface area contributed by atoms with Gasteiger partial charge in [-0.05, 0) is 56.6 Å². The maximum atomic E-state index is 12.4. The highest BCUT2D eigenvalue weighted by molar-refractivity contribution is 5.92. The molecule has 6 nitrogen and oxygen atoms in total. The molecule has 0 saturated carbocycles. The molecule has 122 valence electrons. The van der Waals surface area contributed by atoms with E-state index in [1.54, 1.807) is 24.1 Å². The third kappa shape index (κ3) is 3.53. The molecule has 2 unspecified atom stereocenters. The van der Waals surface area contributed by atoms with Gasteiger partial charge in [-0.25, -0.2) is 4.68 Å². The molecule has 1 aromatic carbocycles. The van der Waals surface area contributed by atoms with Gasteiger partial charge in [0.1, 0.15) is 5.75 Å². The predicted molar refractivity (Wildman–Crippen MR) is 88.1 cm³/mol. The fraction of sp³-hybridized carbons (Fsp3) is 0.412. The second kappa shape index (κ2) is 6.83. The van der Waals surface area contributed by atoms with Crippen molar-refractivity contribution in [3.63, 3.8) is 0 Å². The van der Waals surface area contributed by atoms with Crippen LogP contribution in [0.15, 0.2) is 36.5 Å². The molecule has 2 heterocycles. The summed E-state index contributed by atoms with van der Waals surface area (Å²) in [5.74, 6) is 0.662. The smallest absolute Gasteiger partial charge is 0.272 e. The van der Waals surface area contributed by atoms with Gasteiger partial charge in [-0.15, -0.1) is 0 Å². The van der Waals surface area contributed by atoms with Gasteiger partial charge in [0.2, 0.25) is 0 Å². The molecule has 0 bridgehead atoms. The van der Waals surface area contributed by atoms with Crippen molar-refractivity contribution < 1.29 is 9.53 Å². The molecule has 6 heteroatoms. The Labute approximate surface area is 135 Å². The number of amides is 1. The van der Waals surface area contributed by atoms with Crippen LogP contribution in [0.2, 0.25) is 0 Å². The van der Waals surface area contributed by atoms with Gasteiger partial charge in [0, 0.05) is 18.3 Å². The van der Waals surface area contributed by atoms with Gasteiger partial charge in [0.05, 0.1) is 12.8 Å². The number of carbonyl (C=O) groups is 1. The van der Waals surface area contributed by atoms with E-state index in [1.807, 2.05) is 24.3 Å². The number of nitrogens with one attached hydrogen (secondary N) is 2. The number of rotatable bonds is 4. The lowest BCUT2D eigenvalue weighted by Gasteiger charge is -2.30. The van der Waals surface area contributed by atoms with Crippen LogP contribution < -0.4 is 15.4 Å². The van der Waals surface area contributed by atoms with Crippen molar-refractivity contribution in [1.82, 2.24) is 20.4 Å². The van der Waals surface area contributed by atoms with E-state index in [9.17, 15) is 4.79 Å². The second-order valence-electron chi connectivity index (χ2n) is 5.81. The molecular formula is C17H22N4O2. The highest BCUT2D eigenvalue weighted by atomic mass is 16.5. The van der Waals surface area contributed by atoms with Crippen LogP contribution in [0.4, 0.5) is 0 Å². The van der Waals surface area contributed by atoms with Gasteiger partial charge >= 0.3 is 0 Å². The number of hydrogen-bond acceptors (Lipinski definition) is 4. The Bertz CT molecular complexity index is 665. The monoisotopic (exact) mass is 314 g/mol. The number of carbonyl (C=O) groups excluding carboxylic acids is 1. The third-order valence-electron chi connectivity index (χ3n) is 4.24. The molecule has 1 fully saturated rings. The van der Waals surface area contributed by atoms with E-state index in [-0.39, 0.29) is 18.0 Å². The van der Waals surface area contributed by atoms with E-state index in [4.69, 9.17) is 4.74 Å². The first-order valence-electron chi connectivity index (χ1n) is 7.92. The highest BCUT2D eigenvalue weighted by Crippen LogP contribution is 2.15. The Balaban J connectivity index is 1.69. The van der Waals surface area contributed by atoms with E-state index in [1.165, 1.54) is 0 Å². The summed E-state index contributed by atoms with van der Waals surface area (Å²) in [6, 6.07) is 9.72. The number of ether oxygens (including phenoxy) is 1. The van der Waals surface area contributed by atoms with Crippen LogP contribution in [0.1, 0.15) is 30.3 Å². The zero-order valence-corrected chi connectivity index (χ0v) is 13.5. The van der Waals surface area contributed by atoms with Crippen LogP contribution in [-0.2, 0) is 0 Å². The first-order chi connectivity index (χ1) is 11.2. The van der Waals surface area contributed by atoms with Crippen molar-refractivity contribution in [2.45, 2.75) is 31.8 Å². The molecule has 2 atom stereocenters. The van der Waals surface area contributed by atoms with E-state index in [2.05, 4.69) is 22.7 Å². The Morgan fingerprint density at radius 1 is 1.35 bits per heavy atom. The van der Waals surface area contributed by atoms with E-state index >= 15 is 0 Å². The van der Waals surface area contributed by atoms with Gasteiger partial charge in [0.15, 0.2) is 5.69 Å². The molecule has 0 radical (unpaired) electrons. The topological polar surface area (TPSA) is 68.2 Å². The van der Waals surface area contributed by atoms with Crippen molar-refractivity contribution in [3.05, 3.63) is 42.2 Å². The first kappa shape index (κ1) is 15.6. The maximum absolute atomic E-state index is 12.4. The molecule has 23 heavy (non-hydrogen) atoms. The highest BCUT2D eigenvalue weighted by Gasteiger charge is 2.23. The number of methoxy groups -OCH3 is 1. The summed E-state index contributed by atoms with van der Waals surface area (Å²) in [7, 11) is 1.63. The molecule has 0 spiro atoms. The molecule has 1 aliphatic rings. The van der Waals surface area contributed by atoms with Gasteiger partial charge in [-0.3, -0.25) is 4.79 Å². The largest absolute Gasteiger partial charge is 0.497 e. The van der Waals surface area contributed by atoms with Crippen molar-refractivity contribution in [1.29, 1.82) is 0 Å². The average Bonchev–Trinajstić information content (AvgIpc) is 3.07. The van der Waals surface area contributed by atoms with Crippen molar-refractivity contribution >= 4 is 5.91 Å². The molecule has 1 saturated heterocycles. The van der Waals surface area contributed by atoms with E-state index < -0.39 is 0 Å². The summed E-state index contributed by atoms with van der Waals surface area (Å²) in [6.45, 7) is 3.11. The summed E-state index contributed by atoms with van der Waals surface area (Å²) in [5, 5.41) is 10.8. The number of nitrogens with zero attached hydrogens (tertiary/aromatic N) is 2. The number of benzene rings is 1. The Morgan fingerprint density at radius 2 is 2.13 bits per heavy atom. The molecule has 1 amide bonds. The van der Waals surface area contributed by atoms with Crippen LogP contribution in [-0.4, -0.2) is 41.4 Å². The molecule has 3 rings (SSSR count). The van der Waals surface area contributed by atoms with E-state index in [0.717, 1.165) is 30.8 Å². The lowest BCUT2D eigenvalue weighted by Crippen LogP contribution is -2.52. The van der Waals surface area contributed by atoms with Gasteiger partial charge in [-0.1, -0.05) is 0 Å². The maximum Gasteiger partial charge on any atom is 0.272 e. The number of aromatic nitrogens is 2. The summed E-state index contributed by atoms with van der Waals surface area (Å²) in [4.78, 5) is 12.4. The Morgan fingerprint density at radius 3 is 2.83 bits per heavy atom. The normalized spacial score (nSPS) is 21.0. The van der Waals surface area contributed by atoms with Crippen LogP contribution in [0.3, 0.4) is 0 Å². The average molecular weight is 314 g/mol. The lowest BCUT2D eigenvalue weighted by molar-refractivity contribution is 0.0914. The minimum atomic E-state index is -0.127. The van der Waals surface area contributed by atoms with Gasteiger partial charge in [0.25, 0.3) is 5.91 Å². The minimum Gasteiger partial charge on any atom is -0.497 e. The Hall–Kier alpha value is -2.34. The SMILES string of the molecule is COc1ccc(-n2ccc(C(=O)NC3CCCNC3C)n2)cc1. The van der Waals surface area contributed by atoms with Crippen LogP contribution in [0.5, 0.6) is 5.75 Å². The third-order valence-corrected chi connectivity index (χ3v) is 4.24. The summed E-state index contributed by atoms with van der Waals surface area (Å²) < 4.78 is 6.83. The van der Waals surface area contributed by atoms with Crippen LogP contribution >= 0.6 is 0 Å². The second-order valence-corrected chi connectivity index (χ2v) is 5.81. The zero-order valence-electron chi connectivity index (χ0n) is 13.5. The van der Waals surface area contributed by atoms with Crippen LogP contribution in [0.25, 0.3) is 5.69 Å². The number of piperidine rings is 1. The molecule has 1 aliphatic heterocycles. The fourth-order valence-electron chi connectivity index (χ4n) is 2.81. The van der Waals surface area contributed by atoms with Crippen molar-refractivity contribution in [2.75, 3.05) is 13.7 Å². The van der Waals surface area contributed by atoms with Crippen molar-refractivity contribution in [3.8, 4) is 11.4 Å². The molecule has 2 aromatic rings. The molecule has 2 N–H and O–H groups in total. The first-order valence-corrected chi connectivity index (χ1v) is 7.92. The van der Waals surface area contributed by atoms with Gasteiger partial charge in [-0.2, -0.15) is 5.10 Å². The van der Waals surface area contributed by atoms with Crippen molar-refractivity contribution in [2.24, 2.45) is 0 Å². The summed E-state index contributed by atoms with van der Waals surface area (Å²) in [6.07, 6.45) is 3.87. The molecule has 0 aliphatic carbocycles. The lowest BCUT2D eigenvalue weighted by atomic mass is 10.00. The van der Waals surface area contributed by atoms with Crippen LogP contribution in [0, 0.1) is 0 Å². The van der Waals surface area contributed by atoms with Gasteiger partial charge < -0.3 is 15.4 Å². The quantitative estimate of drug-likeness (QED) is 0.902. The Kier molecular flexibility index (Phi) is 4.62. The minimum absolute atomic E-state index is 0.127. The number of hydrogen-bond donors (Lipinski definition) is 2. The summed E-state index contributed by atoms with van der Waals surface area (Å²) >= 11 is 0. The standard InChI is InChI=1S/C17H22N4O2/c1-12-15(4-3-10-18-12)19-17(22)16-9-11-21(20-16)13-5-7-14(23-2)8-6-13/h5-9,11-12,15,18H,3-4,10H2,1-2H3,(H,19,22). The molecule has 1 aromatic heterocycles. The fourth-order valence-corrected chi connectivity index (χ4v) is 2.81. The summed E-state index contributed by atoms with van der Waals surface area (Å²) in [5.41, 5.74) is 1.32. The predicted octanol–water partition coefficient (Wildman–Crippen LogP) is 1.75. The molecular weight excluding hydrogens is 292 g/mol.